The van der Waals surface area contributed by atoms with Gasteiger partial charge < -0.3 is 15.6 Å². The molecular weight excluding hydrogens is 555 g/mol. The molecule has 0 radical (unpaired) electrons. The fraction of sp³-hybridized carbons (Fsp3) is 0.133. The van der Waals surface area contributed by atoms with Gasteiger partial charge in [0.05, 0.1) is 30.2 Å². The molecule has 12 heteroatoms. The van der Waals surface area contributed by atoms with E-state index in [4.69, 9.17) is 5.73 Å². The molecule has 3 N–H and O–H groups in total. The molecule has 1 heterocycles. The maximum Gasteiger partial charge on any atom is 0.419 e. The Morgan fingerprint density at radius 1 is 1.12 bits per heavy atom. The molecule has 0 saturated carbocycles. The van der Waals surface area contributed by atoms with E-state index in [9.17, 15) is 27.6 Å². The lowest BCUT2D eigenvalue weighted by molar-refractivity contribution is -0.140. The molecule has 0 bridgehead atoms. The lowest BCUT2D eigenvalue weighted by atomic mass is 10.00. The minimum atomic E-state index is -4.93. The van der Waals surface area contributed by atoms with Crippen molar-refractivity contribution < 1.29 is 26.7 Å². The number of carbonyl (C=O) groups excluding carboxylic acids is 1. The second-order valence-electron chi connectivity index (χ2n) is 9.04. The summed E-state index contributed by atoms with van der Waals surface area (Å²) >= 11 is 0. The molecule has 0 aliphatic heterocycles. The molecule has 4 aromatic rings. The number of rotatable bonds is 9. The normalized spacial score (nSPS) is 12.0. The van der Waals surface area contributed by atoms with Gasteiger partial charge >= 0.3 is 6.18 Å². The number of imidazole rings is 1. The van der Waals surface area contributed by atoms with Crippen molar-refractivity contribution in [1.29, 1.82) is 5.26 Å². The van der Waals surface area contributed by atoms with E-state index in [0.717, 1.165) is 30.0 Å². The molecule has 42 heavy (non-hydrogen) atoms. The number of benzene rings is 3. The number of aliphatic imine (C=N–C) groups is 1. The molecule has 0 saturated heterocycles. The predicted octanol–water partition coefficient (Wildman–Crippen LogP) is 5.85. The van der Waals surface area contributed by atoms with E-state index < -0.39 is 41.3 Å². The Bertz CT molecular complexity index is 1690. The van der Waals surface area contributed by atoms with Gasteiger partial charge in [0.15, 0.2) is 0 Å². The van der Waals surface area contributed by atoms with Crippen LogP contribution in [0.15, 0.2) is 84.2 Å². The number of halogens is 5. The highest BCUT2D eigenvalue weighted by atomic mass is 19.4. The third kappa shape index (κ3) is 7.06. The SMILES string of the molecule is N#Cc1cc(NC(=O)Cc2cccc(C(F)(F)F)c2F)cc(F)c1C(C=NCc1nccn1Cc1ccccc1)=CN. The number of nitriles is 1. The van der Waals surface area contributed by atoms with Crippen LogP contribution in [0.1, 0.15) is 33.6 Å². The number of nitrogens with two attached hydrogens (primary N) is 1. The van der Waals surface area contributed by atoms with Crippen LogP contribution in [-0.2, 0) is 30.5 Å². The zero-order valence-corrected chi connectivity index (χ0v) is 21.9. The Morgan fingerprint density at radius 3 is 2.57 bits per heavy atom. The van der Waals surface area contributed by atoms with Crippen molar-refractivity contribution in [3.05, 3.63) is 125 Å². The molecule has 1 aromatic heterocycles. The molecule has 0 atom stereocenters. The van der Waals surface area contributed by atoms with Gasteiger partial charge in [-0.05, 0) is 29.3 Å². The van der Waals surface area contributed by atoms with Gasteiger partial charge in [0.25, 0.3) is 0 Å². The number of alkyl halides is 3. The van der Waals surface area contributed by atoms with Crippen LogP contribution in [0.3, 0.4) is 0 Å². The molecule has 0 unspecified atom stereocenters. The summed E-state index contributed by atoms with van der Waals surface area (Å²) < 4.78 is 70.4. The summed E-state index contributed by atoms with van der Waals surface area (Å²) in [5.41, 5.74) is 4.37. The van der Waals surface area contributed by atoms with Gasteiger partial charge in [0.1, 0.15) is 17.5 Å². The number of hydrogen-bond donors (Lipinski definition) is 2. The molecular formula is C30H23F5N6O. The first-order valence-electron chi connectivity index (χ1n) is 12.4. The summed E-state index contributed by atoms with van der Waals surface area (Å²) in [7, 11) is 0. The molecule has 3 aromatic carbocycles. The Labute approximate surface area is 237 Å². The van der Waals surface area contributed by atoms with E-state index in [1.54, 1.807) is 12.4 Å². The van der Waals surface area contributed by atoms with Crippen LogP contribution in [0, 0.1) is 23.0 Å². The van der Waals surface area contributed by atoms with Crippen LogP contribution in [0.5, 0.6) is 0 Å². The van der Waals surface area contributed by atoms with Gasteiger partial charge in [-0.15, -0.1) is 0 Å². The van der Waals surface area contributed by atoms with Crippen molar-refractivity contribution >= 4 is 23.4 Å². The van der Waals surface area contributed by atoms with Crippen LogP contribution >= 0.6 is 0 Å². The monoisotopic (exact) mass is 578 g/mol. The van der Waals surface area contributed by atoms with Gasteiger partial charge in [0.2, 0.25) is 5.91 Å². The van der Waals surface area contributed by atoms with Crippen molar-refractivity contribution in [1.82, 2.24) is 9.55 Å². The molecule has 0 fully saturated rings. The van der Waals surface area contributed by atoms with Crippen LogP contribution in [0.4, 0.5) is 27.6 Å². The van der Waals surface area contributed by atoms with Crippen LogP contribution < -0.4 is 11.1 Å². The molecule has 0 spiro atoms. The third-order valence-corrected chi connectivity index (χ3v) is 6.16. The minimum Gasteiger partial charge on any atom is -0.404 e. The Kier molecular flexibility index (Phi) is 9.12. The van der Waals surface area contributed by atoms with E-state index in [1.807, 2.05) is 41.0 Å². The van der Waals surface area contributed by atoms with E-state index in [0.29, 0.717) is 18.4 Å². The first-order valence-corrected chi connectivity index (χ1v) is 12.4. The molecule has 1 amide bonds. The predicted molar refractivity (Wildman–Crippen MR) is 147 cm³/mol. The fourth-order valence-corrected chi connectivity index (χ4v) is 4.21. The van der Waals surface area contributed by atoms with Crippen LogP contribution in [0.2, 0.25) is 0 Å². The highest BCUT2D eigenvalue weighted by Crippen LogP contribution is 2.32. The number of amides is 1. The molecule has 7 nitrogen and oxygen atoms in total. The van der Waals surface area contributed by atoms with Crippen molar-refractivity contribution in [2.24, 2.45) is 10.7 Å². The zero-order chi connectivity index (χ0) is 30.3. The van der Waals surface area contributed by atoms with Gasteiger partial charge in [-0.25, -0.2) is 13.8 Å². The summed E-state index contributed by atoms with van der Waals surface area (Å²) in [5, 5.41) is 12.0. The smallest absolute Gasteiger partial charge is 0.404 e. The largest absolute Gasteiger partial charge is 0.419 e. The minimum absolute atomic E-state index is 0.0918. The second-order valence-corrected chi connectivity index (χ2v) is 9.04. The zero-order valence-electron chi connectivity index (χ0n) is 21.9. The maximum absolute atomic E-state index is 15.2. The Balaban J connectivity index is 1.48. The van der Waals surface area contributed by atoms with Crippen molar-refractivity contribution in [3.8, 4) is 6.07 Å². The molecule has 0 aliphatic rings. The number of aromatic nitrogens is 2. The van der Waals surface area contributed by atoms with Crippen molar-refractivity contribution in [2.75, 3.05) is 5.32 Å². The number of nitrogens with one attached hydrogen (secondary N) is 1. The van der Waals surface area contributed by atoms with Gasteiger partial charge in [-0.1, -0.05) is 42.5 Å². The molecule has 214 valence electrons. The second kappa shape index (κ2) is 12.9. The quantitative estimate of drug-likeness (QED) is 0.192. The average molecular weight is 579 g/mol. The van der Waals surface area contributed by atoms with Crippen molar-refractivity contribution in [2.45, 2.75) is 25.7 Å². The first kappa shape index (κ1) is 29.7. The number of carbonyl (C=O) groups is 1. The third-order valence-electron chi connectivity index (χ3n) is 6.16. The van der Waals surface area contributed by atoms with E-state index in [2.05, 4.69) is 15.3 Å². The fourth-order valence-electron chi connectivity index (χ4n) is 4.21. The summed E-state index contributed by atoms with van der Waals surface area (Å²) in [6, 6.07) is 16.2. The molecule has 4 rings (SSSR count). The Morgan fingerprint density at radius 2 is 1.88 bits per heavy atom. The summed E-state index contributed by atoms with van der Waals surface area (Å²) in [4.78, 5) is 21.1. The highest BCUT2D eigenvalue weighted by molar-refractivity contribution is 6.11. The van der Waals surface area contributed by atoms with Crippen LogP contribution in [-0.4, -0.2) is 21.7 Å². The van der Waals surface area contributed by atoms with Gasteiger partial charge in [0, 0.05) is 48.2 Å². The summed E-state index contributed by atoms with van der Waals surface area (Å²) in [6.45, 7) is 0.715. The first-order chi connectivity index (χ1) is 20.1. The number of nitrogens with zero attached hydrogens (tertiary/aromatic N) is 4. The lowest BCUT2D eigenvalue weighted by Crippen LogP contribution is -2.17. The topological polar surface area (TPSA) is 109 Å². The van der Waals surface area contributed by atoms with E-state index in [-0.39, 0.29) is 28.9 Å². The Hall–Kier alpha value is -5.31. The van der Waals surface area contributed by atoms with Crippen LogP contribution in [0.25, 0.3) is 5.57 Å². The number of allylic oxidation sites excluding steroid dienone is 1. The van der Waals surface area contributed by atoms with Gasteiger partial charge in [-0.3, -0.25) is 9.79 Å². The summed E-state index contributed by atoms with van der Waals surface area (Å²) in [5.74, 6) is -2.75. The standard InChI is InChI=1S/C30H23F5N6O/c31-25-13-23(40-27(42)12-20-7-4-8-24(29(20)32)30(33,34)35)11-21(14-36)28(25)22(15-37)16-38-17-26-39-9-10-41(26)18-19-5-2-1-3-6-19/h1-11,13,15-16H,12,17-18,37H2,(H,40,42). The number of anilines is 1. The lowest BCUT2D eigenvalue weighted by Gasteiger charge is -2.13. The van der Waals surface area contributed by atoms with Crippen molar-refractivity contribution in [3.63, 3.8) is 0 Å². The highest BCUT2D eigenvalue weighted by Gasteiger charge is 2.35. The summed E-state index contributed by atoms with van der Waals surface area (Å²) in [6.07, 6.45) is 0.136. The van der Waals surface area contributed by atoms with E-state index >= 15 is 4.39 Å². The average Bonchev–Trinajstić information content (AvgIpc) is 3.38. The molecule has 0 aliphatic carbocycles. The van der Waals surface area contributed by atoms with E-state index in [1.165, 1.54) is 12.3 Å². The number of hydrogen-bond acceptors (Lipinski definition) is 5. The van der Waals surface area contributed by atoms with Gasteiger partial charge in [-0.2, -0.15) is 18.4 Å². The maximum atomic E-state index is 15.2.